The van der Waals surface area contributed by atoms with Crippen LogP contribution in [0.5, 0.6) is 0 Å². The summed E-state index contributed by atoms with van der Waals surface area (Å²) in [6.45, 7) is 3.60. The zero-order valence-corrected chi connectivity index (χ0v) is 15.3. The number of esters is 1. The van der Waals surface area contributed by atoms with Crippen LogP contribution >= 0.6 is 0 Å². The number of methoxy groups -OCH3 is 2. The number of H-pyrrole nitrogens is 1. The van der Waals surface area contributed by atoms with Crippen molar-refractivity contribution < 1.29 is 28.9 Å². The van der Waals surface area contributed by atoms with Crippen LogP contribution in [0.2, 0.25) is 0 Å². The van der Waals surface area contributed by atoms with E-state index < -0.39 is 29.1 Å². The van der Waals surface area contributed by atoms with E-state index in [0.29, 0.717) is 11.4 Å². The third kappa shape index (κ3) is 1.78. The van der Waals surface area contributed by atoms with Crippen molar-refractivity contribution in [2.45, 2.75) is 31.7 Å². The molecular formula is C19H23NO6. The quantitative estimate of drug-likeness (QED) is 0.481. The molecule has 5 atom stereocenters. The van der Waals surface area contributed by atoms with E-state index in [-0.39, 0.29) is 29.6 Å². The minimum absolute atomic E-state index is 0.0240. The van der Waals surface area contributed by atoms with Gasteiger partial charge in [-0.2, -0.15) is 0 Å². The first-order valence-electron chi connectivity index (χ1n) is 8.82. The number of aryl methyl sites for hydroxylation is 1. The summed E-state index contributed by atoms with van der Waals surface area (Å²) in [5.41, 5.74) is 0.356. The topological polar surface area (TPSA) is 97.9 Å². The number of ketones is 1. The number of rotatable bonds is 4. The van der Waals surface area contributed by atoms with Gasteiger partial charge in [0, 0.05) is 25.8 Å². The third-order valence-corrected chi connectivity index (χ3v) is 6.24. The summed E-state index contributed by atoms with van der Waals surface area (Å²) >= 11 is 0. The Kier molecular flexibility index (Phi) is 3.70. The average molecular weight is 361 g/mol. The molecule has 0 radical (unpaired) electrons. The van der Waals surface area contributed by atoms with Gasteiger partial charge < -0.3 is 24.3 Å². The van der Waals surface area contributed by atoms with Crippen LogP contribution in [0.3, 0.4) is 0 Å². The second-order valence-electron chi connectivity index (χ2n) is 7.19. The van der Waals surface area contributed by atoms with Gasteiger partial charge in [-0.05, 0) is 26.2 Å². The number of aromatic nitrogens is 1. The predicted molar refractivity (Wildman–Crippen MR) is 90.7 cm³/mol. The molecule has 1 saturated carbocycles. The van der Waals surface area contributed by atoms with Crippen LogP contribution in [0.25, 0.3) is 0 Å². The predicted octanol–water partition coefficient (Wildman–Crippen LogP) is 1.69. The van der Waals surface area contributed by atoms with E-state index in [4.69, 9.17) is 14.2 Å². The minimum atomic E-state index is -2.07. The summed E-state index contributed by atoms with van der Waals surface area (Å²) in [7, 11) is 2.87. The molecule has 0 aromatic carbocycles. The minimum Gasteiger partial charge on any atom is -0.462 e. The number of aromatic amines is 1. The molecule has 3 aliphatic carbocycles. The maximum Gasteiger partial charge on any atom is 0.340 e. The number of ether oxygens (including phenoxy) is 3. The molecule has 0 amide bonds. The number of aliphatic hydroxyl groups is 1. The normalized spacial score (nSPS) is 37.0. The van der Waals surface area contributed by atoms with Crippen LogP contribution in [0.1, 0.15) is 45.4 Å². The molecule has 7 nitrogen and oxygen atoms in total. The lowest BCUT2D eigenvalue weighted by molar-refractivity contribution is -0.243. The maximum absolute atomic E-state index is 13.3. The van der Waals surface area contributed by atoms with Gasteiger partial charge in [0.05, 0.1) is 29.3 Å². The largest absolute Gasteiger partial charge is 0.462 e. The fourth-order valence-electron chi connectivity index (χ4n) is 5.29. The van der Waals surface area contributed by atoms with Crippen LogP contribution < -0.4 is 0 Å². The highest BCUT2D eigenvalue weighted by molar-refractivity contribution is 6.12. The highest BCUT2D eigenvalue weighted by atomic mass is 16.6. The lowest BCUT2D eigenvalue weighted by Gasteiger charge is -2.49. The van der Waals surface area contributed by atoms with Crippen molar-refractivity contribution in [3.63, 3.8) is 0 Å². The van der Waals surface area contributed by atoms with Gasteiger partial charge in [0.2, 0.25) is 11.6 Å². The molecular weight excluding hydrogens is 338 g/mol. The summed E-state index contributed by atoms with van der Waals surface area (Å²) in [5, 5.41) is 11.3. The third-order valence-electron chi connectivity index (χ3n) is 6.24. The number of Topliss-reactive ketones (excluding diaryl/α,β-unsaturated/α-hetero) is 1. The lowest BCUT2D eigenvalue weighted by atomic mass is 9.64. The van der Waals surface area contributed by atoms with E-state index >= 15 is 0 Å². The van der Waals surface area contributed by atoms with Crippen molar-refractivity contribution in [2.75, 3.05) is 20.8 Å². The van der Waals surface area contributed by atoms with E-state index in [1.165, 1.54) is 7.11 Å². The molecule has 0 unspecified atom stereocenters. The first kappa shape index (κ1) is 17.5. The molecule has 4 rings (SSSR count). The van der Waals surface area contributed by atoms with Crippen molar-refractivity contribution in [3.05, 3.63) is 34.7 Å². The lowest BCUT2D eigenvalue weighted by Crippen LogP contribution is -2.62. The van der Waals surface area contributed by atoms with Crippen LogP contribution in [0.4, 0.5) is 0 Å². The van der Waals surface area contributed by atoms with Crippen molar-refractivity contribution in [1.82, 2.24) is 4.98 Å². The fraction of sp³-hybridized carbons (Fsp3) is 0.579. The van der Waals surface area contributed by atoms with Gasteiger partial charge in [-0.1, -0.05) is 12.2 Å². The number of nitrogens with one attached hydrogen (secondary N) is 1. The summed E-state index contributed by atoms with van der Waals surface area (Å²) in [4.78, 5) is 29.0. The molecule has 1 fully saturated rings. The Bertz CT molecular complexity index is 826. The SMILES string of the molecule is CCOC(=O)c1c(C)[nH]c2c1C(=O)[C@@](O)(OC)[C@@H]1[C@@H]3C=C[C@@H](C3)[C@]21OC. The van der Waals surface area contributed by atoms with E-state index in [1.54, 1.807) is 21.0 Å². The highest BCUT2D eigenvalue weighted by Gasteiger charge is 2.71. The molecule has 7 heteroatoms. The molecule has 26 heavy (non-hydrogen) atoms. The second kappa shape index (κ2) is 5.52. The Morgan fingerprint density at radius 1 is 1.35 bits per heavy atom. The molecule has 1 aromatic heterocycles. The summed E-state index contributed by atoms with van der Waals surface area (Å²) in [6.07, 6.45) is 4.82. The molecule has 1 heterocycles. The van der Waals surface area contributed by atoms with Gasteiger partial charge >= 0.3 is 5.97 Å². The summed E-state index contributed by atoms with van der Waals surface area (Å²) < 4.78 is 16.5. The number of allylic oxidation sites excluding steroid dienone is 1. The number of hydrogen-bond donors (Lipinski definition) is 2. The van der Waals surface area contributed by atoms with Gasteiger partial charge in [0.1, 0.15) is 5.60 Å². The molecule has 140 valence electrons. The average Bonchev–Trinajstić information content (AvgIpc) is 3.31. The van der Waals surface area contributed by atoms with Crippen molar-refractivity contribution in [3.8, 4) is 0 Å². The van der Waals surface area contributed by atoms with Crippen LogP contribution in [0, 0.1) is 24.7 Å². The molecule has 2 N–H and O–H groups in total. The first-order chi connectivity index (χ1) is 12.4. The molecule has 0 spiro atoms. The van der Waals surface area contributed by atoms with Crippen LogP contribution in [0.15, 0.2) is 12.2 Å². The zero-order valence-electron chi connectivity index (χ0n) is 15.3. The maximum atomic E-state index is 13.3. The Balaban J connectivity index is 2.03. The van der Waals surface area contributed by atoms with E-state index in [9.17, 15) is 14.7 Å². The van der Waals surface area contributed by atoms with Gasteiger partial charge in [0.25, 0.3) is 0 Å². The van der Waals surface area contributed by atoms with Gasteiger partial charge in [-0.25, -0.2) is 4.79 Å². The smallest absolute Gasteiger partial charge is 0.340 e. The van der Waals surface area contributed by atoms with Crippen molar-refractivity contribution >= 4 is 11.8 Å². The fourth-order valence-corrected chi connectivity index (χ4v) is 5.29. The first-order valence-corrected chi connectivity index (χ1v) is 8.82. The van der Waals surface area contributed by atoms with E-state index in [1.807, 2.05) is 6.08 Å². The van der Waals surface area contributed by atoms with Crippen molar-refractivity contribution in [2.24, 2.45) is 17.8 Å². The number of carbonyl (C=O) groups is 2. The van der Waals surface area contributed by atoms with Gasteiger partial charge in [-0.3, -0.25) is 4.79 Å². The Morgan fingerprint density at radius 3 is 2.69 bits per heavy atom. The number of hydrogen-bond acceptors (Lipinski definition) is 6. The van der Waals surface area contributed by atoms with Gasteiger partial charge in [0.15, 0.2) is 0 Å². The van der Waals surface area contributed by atoms with Crippen LogP contribution in [-0.4, -0.2) is 48.5 Å². The molecule has 2 bridgehead atoms. The summed E-state index contributed by atoms with van der Waals surface area (Å²) in [5.74, 6) is -3.95. The molecule has 0 aliphatic heterocycles. The Morgan fingerprint density at radius 2 is 2.08 bits per heavy atom. The van der Waals surface area contributed by atoms with Crippen LogP contribution in [-0.2, 0) is 19.8 Å². The van der Waals surface area contributed by atoms with Crippen molar-refractivity contribution in [1.29, 1.82) is 0 Å². The zero-order chi connectivity index (χ0) is 18.9. The van der Waals surface area contributed by atoms with E-state index in [2.05, 4.69) is 11.1 Å². The monoisotopic (exact) mass is 361 g/mol. The Hall–Kier alpha value is -1.96. The molecule has 1 aromatic rings. The number of carbonyl (C=O) groups excluding carboxylic acids is 2. The highest BCUT2D eigenvalue weighted by Crippen LogP contribution is 2.64. The van der Waals surface area contributed by atoms with Gasteiger partial charge in [-0.15, -0.1) is 0 Å². The summed E-state index contributed by atoms with van der Waals surface area (Å²) in [6, 6.07) is 0. The number of fused-ring (bicyclic) bond motifs is 7. The Labute approximate surface area is 151 Å². The molecule has 0 saturated heterocycles. The molecule has 3 aliphatic rings. The van der Waals surface area contributed by atoms with E-state index in [0.717, 1.165) is 6.42 Å². The standard InChI is InChI=1S/C19H23NO6/c1-5-26-17(22)12-9(2)20-15-13(12)16(21)19(23,25-4)14-10-6-7-11(8-10)18(14,15)24-3/h6-7,10-11,14,20,23H,5,8H2,1-4H3/t10-,11+,14-,18-,19+/m1/s1. The second-order valence-corrected chi connectivity index (χ2v) is 7.19.